The van der Waals surface area contributed by atoms with Crippen LogP contribution in [0.4, 0.5) is 0 Å². The molecule has 2 heteroatoms. The summed E-state index contributed by atoms with van der Waals surface area (Å²) in [6, 6.07) is 0. The monoisotopic (exact) mass is 227 g/mol. The van der Waals surface area contributed by atoms with Gasteiger partial charge in [0.1, 0.15) is 0 Å². The number of rotatable bonds is 4. The molecule has 0 spiro atoms. The van der Waals surface area contributed by atoms with Crippen molar-refractivity contribution in [3.8, 4) is 0 Å². The quantitative estimate of drug-likeness (QED) is 0.722. The molecule has 2 fully saturated rings. The molecular weight excluding hydrogens is 202 g/mol. The zero-order valence-corrected chi connectivity index (χ0v) is 10.9. The summed E-state index contributed by atoms with van der Waals surface area (Å²) in [6.07, 6.45) is 8.53. The van der Waals surface area contributed by atoms with Crippen LogP contribution in [0.5, 0.6) is 0 Å². The number of likely N-dealkylation sites (tertiary alicyclic amines) is 1. The highest BCUT2D eigenvalue weighted by atomic mass is 32.1. The van der Waals surface area contributed by atoms with Crippen LogP contribution in [0, 0.1) is 11.3 Å². The van der Waals surface area contributed by atoms with Crippen molar-refractivity contribution in [1.82, 2.24) is 4.90 Å². The lowest BCUT2D eigenvalue weighted by Gasteiger charge is -2.25. The molecule has 1 aliphatic heterocycles. The SMILES string of the molecule is CCC1CCCN(CC2(CS)CC2)CC1. The minimum absolute atomic E-state index is 0.620. The molecule has 0 radical (unpaired) electrons. The predicted molar refractivity (Wildman–Crippen MR) is 69.6 cm³/mol. The molecule has 2 rings (SSSR count). The van der Waals surface area contributed by atoms with E-state index >= 15 is 0 Å². The maximum Gasteiger partial charge on any atom is 0.00458 e. The van der Waals surface area contributed by atoms with Gasteiger partial charge in [-0.05, 0) is 62.3 Å². The second-order valence-corrected chi connectivity index (χ2v) is 5.96. The first-order chi connectivity index (χ1) is 7.28. The Kier molecular flexibility index (Phi) is 4.00. The molecule has 0 amide bonds. The van der Waals surface area contributed by atoms with Gasteiger partial charge in [0, 0.05) is 6.54 Å². The van der Waals surface area contributed by atoms with Gasteiger partial charge in [0.15, 0.2) is 0 Å². The summed E-state index contributed by atoms with van der Waals surface area (Å²) < 4.78 is 0. The molecule has 1 saturated carbocycles. The lowest BCUT2D eigenvalue weighted by Crippen LogP contribution is -2.32. The van der Waals surface area contributed by atoms with Gasteiger partial charge in [0.05, 0.1) is 0 Å². The summed E-state index contributed by atoms with van der Waals surface area (Å²) in [5.74, 6) is 2.10. The summed E-state index contributed by atoms with van der Waals surface area (Å²) in [6.45, 7) is 6.35. The van der Waals surface area contributed by atoms with Crippen LogP contribution in [-0.4, -0.2) is 30.3 Å². The topological polar surface area (TPSA) is 3.24 Å². The molecule has 15 heavy (non-hydrogen) atoms. The Hall–Kier alpha value is 0.310. The Balaban J connectivity index is 1.78. The van der Waals surface area contributed by atoms with Gasteiger partial charge in [-0.3, -0.25) is 0 Å². The van der Waals surface area contributed by atoms with E-state index in [2.05, 4.69) is 24.5 Å². The molecule has 0 N–H and O–H groups in total. The van der Waals surface area contributed by atoms with Crippen LogP contribution in [0.2, 0.25) is 0 Å². The van der Waals surface area contributed by atoms with Crippen LogP contribution in [0.25, 0.3) is 0 Å². The van der Waals surface area contributed by atoms with Crippen molar-refractivity contribution in [2.45, 2.75) is 45.4 Å². The summed E-state index contributed by atoms with van der Waals surface area (Å²) in [4.78, 5) is 2.71. The number of hydrogen-bond donors (Lipinski definition) is 1. The first-order valence-corrected chi connectivity index (χ1v) is 7.24. The third-order valence-corrected chi connectivity index (χ3v) is 5.04. The zero-order chi connectivity index (χ0) is 10.7. The standard InChI is InChI=1S/C13H25NS/c1-2-12-4-3-8-14(9-5-12)10-13(11-15)6-7-13/h12,15H,2-11H2,1H3. The van der Waals surface area contributed by atoms with E-state index in [0.29, 0.717) is 5.41 Å². The molecule has 0 aromatic rings. The van der Waals surface area contributed by atoms with E-state index in [1.54, 1.807) is 0 Å². The van der Waals surface area contributed by atoms with Crippen LogP contribution in [0.3, 0.4) is 0 Å². The summed E-state index contributed by atoms with van der Waals surface area (Å²) in [5.41, 5.74) is 0.620. The van der Waals surface area contributed by atoms with Crippen LogP contribution in [0.1, 0.15) is 45.4 Å². The van der Waals surface area contributed by atoms with Crippen molar-refractivity contribution < 1.29 is 0 Å². The second kappa shape index (κ2) is 5.09. The average molecular weight is 227 g/mol. The number of nitrogens with zero attached hydrogens (tertiary/aromatic N) is 1. The largest absolute Gasteiger partial charge is 0.303 e. The van der Waals surface area contributed by atoms with Crippen molar-refractivity contribution in [3.63, 3.8) is 0 Å². The van der Waals surface area contributed by atoms with Gasteiger partial charge in [-0.1, -0.05) is 13.3 Å². The molecule has 1 atom stereocenters. The highest BCUT2D eigenvalue weighted by Crippen LogP contribution is 2.47. The normalized spacial score (nSPS) is 31.2. The minimum Gasteiger partial charge on any atom is -0.303 e. The molecule has 2 aliphatic rings. The lowest BCUT2D eigenvalue weighted by atomic mass is 9.98. The summed E-state index contributed by atoms with van der Waals surface area (Å²) in [5, 5.41) is 0. The third-order valence-electron chi connectivity index (χ3n) is 4.37. The van der Waals surface area contributed by atoms with E-state index in [0.717, 1.165) is 11.7 Å². The van der Waals surface area contributed by atoms with Gasteiger partial charge in [-0.25, -0.2) is 0 Å². The zero-order valence-electron chi connectivity index (χ0n) is 10.0. The van der Waals surface area contributed by atoms with Crippen molar-refractivity contribution in [1.29, 1.82) is 0 Å². The van der Waals surface area contributed by atoms with Gasteiger partial charge in [-0.2, -0.15) is 12.6 Å². The van der Waals surface area contributed by atoms with Crippen LogP contribution in [0.15, 0.2) is 0 Å². The van der Waals surface area contributed by atoms with Gasteiger partial charge >= 0.3 is 0 Å². The molecule has 1 unspecified atom stereocenters. The summed E-state index contributed by atoms with van der Waals surface area (Å²) >= 11 is 4.50. The Bertz CT molecular complexity index is 201. The van der Waals surface area contributed by atoms with Gasteiger partial charge < -0.3 is 4.90 Å². The first kappa shape index (κ1) is 11.8. The Labute approximate surface area is 100 Å². The Morgan fingerprint density at radius 2 is 2.07 bits per heavy atom. The van der Waals surface area contributed by atoms with E-state index in [1.165, 1.54) is 58.2 Å². The van der Waals surface area contributed by atoms with Crippen LogP contribution < -0.4 is 0 Å². The van der Waals surface area contributed by atoms with E-state index in [9.17, 15) is 0 Å². The Morgan fingerprint density at radius 3 is 2.67 bits per heavy atom. The predicted octanol–water partition coefficient (Wildman–Crippen LogP) is 3.21. The van der Waals surface area contributed by atoms with Crippen LogP contribution >= 0.6 is 12.6 Å². The lowest BCUT2D eigenvalue weighted by molar-refractivity contribution is 0.235. The smallest absolute Gasteiger partial charge is 0.00458 e. The third kappa shape index (κ3) is 3.13. The fourth-order valence-electron chi connectivity index (χ4n) is 2.81. The van der Waals surface area contributed by atoms with E-state index in [1.807, 2.05) is 0 Å². The second-order valence-electron chi connectivity index (χ2n) is 5.64. The van der Waals surface area contributed by atoms with Crippen molar-refractivity contribution >= 4 is 12.6 Å². The highest BCUT2D eigenvalue weighted by molar-refractivity contribution is 7.80. The fraction of sp³-hybridized carbons (Fsp3) is 1.00. The minimum atomic E-state index is 0.620. The van der Waals surface area contributed by atoms with Crippen LogP contribution in [-0.2, 0) is 0 Å². The van der Waals surface area contributed by atoms with E-state index in [-0.39, 0.29) is 0 Å². The van der Waals surface area contributed by atoms with Crippen molar-refractivity contribution in [2.24, 2.45) is 11.3 Å². The molecule has 0 aromatic carbocycles. The molecule has 1 heterocycles. The number of hydrogen-bond acceptors (Lipinski definition) is 2. The van der Waals surface area contributed by atoms with Crippen molar-refractivity contribution in [2.75, 3.05) is 25.4 Å². The molecule has 0 bridgehead atoms. The van der Waals surface area contributed by atoms with Gasteiger partial charge in [-0.15, -0.1) is 0 Å². The fourth-order valence-corrected chi connectivity index (χ4v) is 3.22. The highest BCUT2D eigenvalue weighted by Gasteiger charge is 2.42. The molecule has 88 valence electrons. The number of thiol groups is 1. The maximum atomic E-state index is 4.50. The van der Waals surface area contributed by atoms with E-state index < -0.39 is 0 Å². The molecule has 1 aliphatic carbocycles. The molecule has 0 aromatic heterocycles. The van der Waals surface area contributed by atoms with E-state index in [4.69, 9.17) is 0 Å². The Morgan fingerprint density at radius 1 is 1.27 bits per heavy atom. The molecule has 1 saturated heterocycles. The summed E-state index contributed by atoms with van der Waals surface area (Å²) in [7, 11) is 0. The maximum absolute atomic E-state index is 4.50. The van der Waals surface area contributed by atoms with Gasteiger partial charge in [0.25, 0.3) is 0 Å². The van der Waals surface area contributed by atoms with Gasteiger partial charge in [0.2, 0.25) is 0 Å². The van der Waals surface area contributed by atoms with Crippen molar-refractivity contribution in [3.05, 3.63) is 0 Å². The molecular formula is C13H25NS. The molecule has 1 nitrogen and oxygen atoms in total. The first-order valence-electron chi connectivity index (χ1n) is 6.61. The average Bonchev–Trinajstić information content (AvgIpc) is 3.04.